The Bertz CT molecular complexity index is 428. The first-order valence-electron chi connectivity index (χ1n) is 10.1. The number of hydrogen-bond donors (Lipinski definition) is 2. The smallest absolute Gasteiger partial charge is 0.411 e. The molecule has 5 atom stereocenters. The number of aliphatic hydroxyl groups is 2. The van der Waals surface area contributed by atoms with Crippen molar-refractivity contribution < 1.29 is 24.1 Å². The molecule has 2 rings (SSSR count). The van der Waals surface area contributed by atoms with Crippen LogP contribution in [0.2, 0.25) is 0 Å². The molecule has 152 valence electrons. The standard InChI is InChI=1S/C19H34FNO4S/c1-2-3-4-5-6-7-8-9-10-11-12-26-18-15(20)17(23)16(22)14-13-25-19(24)21(14)18/h14-18,22-23H,2-13H2,1H3/t14-,15-,16-,17-,18-/m1/s1. The van der Waals surface area contributed by atoms with Gasteiger partial charge in [-0.05, 0) is 12.2 Å². The zero-order valence-electron chi connectivity index (χ0n) is 15.8. The van der Waals surface area contributed by atoms with Gasteiger partial charge in [0, 0.05) is 0 Å². The number of nitrogens with zero attached hydrogens (tertiary/aromatic N) is 1. The third-order valence-electron chi connectivity index (χ3n) is 5.35. The largest absolute Gasteiger partial charge is 0.447 e. The van der Waals surface area contributed by atoms with Gasteiger partial charge in [0.2, 0.25) is 0 Å². The van der Waals surface area contributed by atoms with Gasteiger partial charge in [0.25, 0.3) is 0 Å². The van der Waals surface area contributed by atoms with Crippen molar-refractivity contribution in [1.29, 1.82) is 0 Å². The number of ether oxygens (including phenoxy) is 1. The van der Waals surface area contributed by atoms with Gasteiger partial charge in [-0.1, -0.05) is 64.7 Å². The Kier molecular flexibility index (Phi) is 9.50. The van der Waals surface area contributed by atoms with Crippen LogP contribution in [-0.4, -0.2) is 63.4 Å². The number of cyclic esters (lactones) is 1. The predicted molar refractivity (Wildman–Crippen MR) is 102 cm³/mol. The lowest BCUT2D eigenvalue weighted by Crippen LogP contribution is -2.63. The molecule has 0 unspecified atom stereocenters. The van der Waals surface area contributed by atoms with Crippen LogP contribution in [0.25, 0.3) is 0 Å². The number of unbranched alkanes of at least 4 members (excludes halogenated alkanes) is 9. The van der Waals surface area contributed by atoms with Gasteiger partial charge >= 0.3 is 6.09 Å². The van der Waals surface area contributed by atoms with Gasteiger partial charge in [0.15, 0.2) is 6.17 Å². The van der Waals surface area contributed by atoms with Gasteiger partial charge in [-0.25, -0.2) is 9.18 Å². The molecule has 1 amide bonds. The fraction of sp³-hybridized carbons (Fsp3) is 0.947. The molecule has 2 aliphatic heterocycles. The van der Waals surface area contributed by atoms with Gasteiger partial charge in [0.05, 0.1) is 6.04 Å². The Labute approximate surface area is 160 Å². The summed E-state index contributed by atoms with van der Waals surface area (Å²) in [7, 11) is 0. The molecular formula is C19H34FNO4S. The second-order valence-electron chi connectivity index (χ2n) is 7.42. The molecular weight excluding hydrogens is 357 g/mol. The number of fused-ring (bicyclic) bond motifs is 1. The van der Waals surface area contributed by atoms with Crippen LogP contribution < -0.4 is 0 Å². The van der Waals surface area contributed by atoms with E-state index in [1.165, 1.54) is 68.0 Å². The summed E-state index contributed by atoms with van der Waals surface area (Å²) in [5.74, 6) is 0.737. The SMILES string of the molecule is CCCCCCCCCCCCS[C@@H]1[C@H](F)[C@@H](O)[C@H](O)[C@H]2COC(=O)N21. The van der Waals surface area contributed by atoms with Crippen molar-refractivity contribution in [3.63, 3.8) is 0 Å². The predicted octanol–water partition coefficient (Wildman–Crippen LogP) is 3.86. The van der Waals surface area contributed by atoms with E-state index in [0.29, 0.717) is 0 Å². The van der Waals surface area contributed by atoms with Crippen molar-refractivity contribution in [2.24, 2.45) is 0 Å². The molecule has 0 bridgehead atoms. The summed E-state index contributed by atoms with van der Waals surface area (Å²) in [6, 6.07) is -0.644. The summed E-state index contributed by atoms with van der Waals surface area (Å²) in [6.07, 6.45) is 7.42. The lowest BCUT2D eigenvalue weighted by molar-refractivity contribution is -0.0995. The van der Waals surface area contributed by atoms with E-state index in [0.717, 1.165) is 18.6 Å². The molecule has 0 aromatic rings. The highest BCUT2D eigenvalue weighted by atomic mass is 32.2. The maximum absolute atomic E-state index is 14.4. The first-order chi connectivity index (χ1) is 12.6. The molecule has 5 nitrogen and oxygen atoms in total. The van der Waals surface area contributed by atoms with Crippen molar-refractivity contribution in [3.05, 3.63) is 0 Å². The number of alkyl halides is 1. The molecule has 26 heavy (non-hydrogen) atoms. The van der Waals surface area contributed by atoms with Gasteiger partial charge in [-0.2, -0.15) is 0 Å². The monoisotopic (exact) mass is 391 g/mol. The molecule has 7 heteroatoms. The number of thioether (sulfide) groups is 1. The van der Waals surface area contributed by atoms with Crippen LogP contribution in [0.4, 0.5) is 9.18 Å². The number of piperidine rings is 1. The number of hydrogen-bond acceptors (Lipinski definition) is 5. The number of amides is 1. The first kappa shape index (κ1) is 21.8. The zero-order chi connectivity index (χ0) is 18.9. The van der Waals surface area contributed by atoms with Crippen molar-refractivity contribution in [1.82, 2.24) is 4.90 Å². The second kappa shape index (κ2) is 11.3. The average molecular weight is 392 g/mol. The zero-order valence-corrected chi connectivity index (χ0v) is 16.6. The van der Waals surface area contributed by atoms with Crippen LogP contribution in [0.1, 0.15) is 71.1 Å². The van der Waals surface area contributed by atoms with Crippen molar-refractivity contribution in [3.8, 4) is 0 Å². The number of carbonyl (C=O) groups is 1. The van der Waals surface area contributed by atoms with E-state index in [2.05, 4.69) is 6.92 Å². The van der Waals surface area contributed by atoms with E-state index in [1.807, 2.05) is 0 Å². The lowest BCUT2D eigenvalue weighted by atomic mass is 9.96. The molecule has 0 aromatic heterocycles. The van der Waals surface area contributed by atoms with Crippen LogP contribution in [0.5, 0.6) is 0 Å². The number of aliphatic hydroxyl groups excluding tert-OH is 2. The van der Waals surface area contributed by atoms with Crippen LogP contribution in [0.15, 0.2) is 0 Å². The molecule has 0 saturated carbocycles. The maximum atomic E-state index is 14.4. The number of halogens is 1. The van der Waals surface area contributed by atoms with E-state index in [4.69, 9.17) is 4.74 Å². The van der Waals surface area contributed by atoms with Crippen LogP contribution in [0, 0.1) is 0 Å². The molecule has 2 aliphatic rings. The van der Waals surface area contributed by atoms with E-state index >= 15 is 0 Å². The van der Waals surface area contributed by atoms with Gasteiger partial charge in [-0.3, -0.25) is 4.90 Å². The Morgan fingerprint density at radius 2 is 1.62 bits per heavy atom. The van der Waals surface area contributed by atoms with Gasteiger partial charge < -0.3 is 14.9 Å². The highest BCUT2D eigenvalue weighted by Gasteiger charge is 2.54. The highest BCUT2D eigenvalue weighted by Crippen LogP contribution is 2.36. The quantitative estimate of drug-likeness (QED) is 0.494. The molecule has 0 aromatic carbocycles. The topological polar surface area (TPSA) is 70.0 Å². The Balaban J connectivity index is 1.60. The first-order valence-corrected chi connectivity index (χ1v) is 11.2. The van der Waals surface area contributed by atoms with Crippen LogP contribution >= 0.6 is 11.8 Å². The fourth-order valence-electron chi connectivity index (χ4n) is 3.71. The molecule has 2 heterocycles. The fourth-order valence-corrected chi connectivity index (χ4v) is 5.07. The third kappa shape index (κ3) is 5.73. The Morgan fingerprint density at radius 3 is 2.23 bits per heavy atom. The molecule has 0 spiro atoms. The summed E-state index contributed by atoms with van der Waals surface area (Å²) >= 11 is 1.35. The van der Waals surface area contributed by atoms with Gasteiger partial charge in [-0.15, -0.1) is 11.8 Å². The molecule has 0 radical (unpaired) electrons. The number of rotatable bonds is 12. The van der Waals surface area contributed by atoms with Crippen molar-refractivity contribution in [2.75, 3.05) is 12.4 Å². The summed E-state index contributed by atoms with van der Waals surface area (Å²) in [6.45, 7) is 2.24. The van der Waals surface area contributed by atoms with Crippen molar-refractivity contribution in [2.45, 2.75) is 101 Å². The molecule has 0 aliphatic carbocycles. The molecule has 2 saturated heterocycles. The van der Waals surface area contributed by atoms with Crippen LogP contribution in [-0.2, 0) is 4.74 Å². The Morgan fingerprint density at radius 1 is 1.04 bits per heavy atom. The summed E-state index contributed by atoms with van der Waals surface area (Å²) < 4.78 is 19.4. The average Bonchev–Trinajstić information content (AvgIpc) is 3.02. The maximum Gasteiger partial charge on any atom is 0.411 e. The summed E-state index contributed by atoms with van der Waals surface area (Å²) in [4.78, 5) is 13.1. The lowest BCUT2D eigenvalue weighted by Gasteiger charge is -2.42. The number of carbonyl (C=O) groups excluding carboxylic acids is 1. The van der Waals surface area contributed by atoms with E-state index in [-0.39, 0.29) is 6.61 Å². The second-order valence-corrected chi connectivity index (χ2v) is 8.65. The Hall–Kier alpha value is -0.530. The minimum atomic E-state index is -1.65. The minimum absolute atomic E-state index is 0.0130. The van der Waals surface area contributed by atoms with E-state index < -0.39 is 35.9 Å². The van der Waals surface area contributed by atoms with Crippen molar-refractivity contribution >= 4 is 17.9 Å². The minimum Gasteiger partial charge on any atom is -0.447 e. The normalized spacial score (nSPS) is 31.2. The van der Waals surface area contributed by atoms with E-state index in [1.54, 1.807) is 0 Å². The summed E-state index contributed by atoms with van der Waals surface area (Å²) in [5, 5.41) is 19.1. The van der Waals surface area contributed by atoms with Crippen LogP contribution in [0.3, 0.4) is 0 Å². The molecule has 2 N–H and O–H groups in total. The summed E-state index contributed by atoms with van der Waals surface area (Å²) in [5.41, 5.74) is 0. The highest BCUT2D eigenvalue weighted by molar-refractivity contribution is 7.99. The van der Waals surface area contributed by atoms with Gasteiger partial charge in [0.1, 0.15) is 24.2 Å². The molecule has 2 fully saturated rings. The van der Waals surface area contributed by atoms with E-state index in [9.17, 15) is 19.4 Å². The third-order valence-corrected chi connectivity index (χ3v) is 6.70.